The van der Waals surface area contributed by atoms with Crippen LogP contribution in [0.15, 0.2) is 109 Å². The normalized spacial score (nSPS) is 11.9. The van der Waals surface area contributed by atoms with Gasteiger partial charge < -0.3 is 15.0 Å². The van der Waals surface area contributed by atoms with Crippen molar-refractivity contribution >= 4 is 27.5 Å². The molecule has 0 spiro atoms. The van der Waals surface area contributed by atoms with Gasteiger partial charge in [-0.3, -0.25) is 13.9 Å². The van der Waals surface area contributed by atoms with E-state index in [1.807, 2.05) is 74.5 Å². The van der Waals surface area contributed by atoms with Crippen molar-refractivity contribution in [1.82, 2.24) is 10.2 Å². The van der Waals surface area contributed by atoms with E-state index < -0.39 is 34.3 Å². The molecule has 1 N–H and O–H groups in total. The quantitative estimate of drug-likeness (QED) is 0.203. The number of anilines is 1. The van der Waals surface area contributed by atoms with Gasteiger partial charge in [-0.15, -0.1) is 0 Å². The Morgan fingerprint density at radius 3 is 1.93 bits per heavy atom. The first-order valence-electron chi connectivity index (χ1n) is 14.6. The topological polar surface area (TPSA) is 96.0 Å². The van der Waals surface area contributed by atoms with E-state index >= 15 is 0 Å². The number of benzene rings is 4. The van der Waals surface area contributed by atoms with E-state index in [1.54, 1.807) is 24.3 Å². The maximum atomic E-state index is 14.1. The summed E-state index contributed by atoms with van der Waals surface area (Å²) >= 11 is 0. The number of carbonyl (C=O) groups is 2. The van der Waals surface area contributed by atoms with E-state index in [9.17, 15) is 22.4 Å². The minimum Gasteiger partial charge on any atom is -0.489 e. The number of hydrogen-bond donors (Lipinski definition) is 1. The van der Waals surface area contributed by atoms with E-state index in [-0.39, 0.29) is 30.6 Å². The van der Waals surface area contributed by atoms with Gasteiger partial charge in [0.1, 0.15) is 30.8 Å². The Bertz CT molecular complexity index is 1650. The number of nitrogens with zero attached hydrogens (tertiary/aromatic N) is 2. The molecule has 4 aromatic carbocycles. The monoisotopic (exact) mass is 631 g/mol. The zero-order chi connectivity index (χ0) is 32.4. The SMILES string of the molecule is CC(C)NC(=O)[C@H](Cc1ccccc1)N(Cc1ccc(F)cc1)C(=O)CN(c1ccc(OCc2ccccc2)cc1)S(C)(=O)=O. The fourth-order valence-electron chi connectivity index (χ4n) is 4.78. The van der Waals surface area contributed by atoms with Crippen molar-refractivity contribution in [3.8, 4) is 5.75 Å². The summed E-state index contributed by atoms with van der Waals surface area (Å²) in [5, 5.41) is 2.90. The smallest absolute Gasteiger partial charge is 0.244 e. The van der Waals surface area contributed by atoms with Gasteiger partial charge in [0, 0.05) is 19.0 Å². The summed E-state index contributed by atoms with van der Waals surface area (Å²) in [6, 6.07) is 29.8. The maximum absolute atomic E-state index is 14.1. The molecule has 0 aliphatic carbocycles. The average Bonchev–Trinajstić information content (AvgIpc) is 3.02. The molecule has 0 aromatic heterocycles. The van der Waals surface area contributed by atoms with Crippen molar-refractivity contribution in [3.05, 3.63) is 132 Å². The zero-order valence-corrected chi connectivity index (χ0v) is 26.4. The van der Waals surface area contributed by atoms with E-state index in [4.69, 9.17) is 4.74 Å². The van der Waals surface area contributed by atoms with E-state index in [0.29, 0.717) is 17.9 Å². The molecule has 2 amide bonds. The molecule has 0 aliphatic heterocycles. The Labute approximate surface area is 264 Å². The third-order valence-electron chi connectivity index (χ3n) is 7.02. The van der Waals surface area contributed by atoms with Crippen LogP contribution in [0.1, 0.15) is 30.5 Å². The third-order valence-corrected chi connectivity index (χ3v) is 8.16. The Balaban J connectivity index is 1.63. The van der Waals surface area contributed by atoms with Gasteiger partial charge >= 0.3 is 0 Å². The molecule has 0 aliphatic rings. The molecular weight excluding hydrogens is 593 g/mol. The van der Waals surface area contributed by atoms with E-state index in [2.05, 4.69) is 5.32 Å². The summed E-state index contributed by atoms with van der Waals surface area (Å²) in [6.07, 6.45) is 1.22. The van der Waals surface area contributed by atoms with Gasteiger partial charge in [-0.25, -0.2) is 12.8 Å². The molecule has 4 rings (SSSR count). The van der Waals surface area contributed by atoms with Crippen molar-refractivity contribution < 1.29 is 27.1 Å². The van der Waals surface area contributed by atoms with Crippen molar-refractivity contribution in [2.75, 3.05) is 17.1 Å². The Hall–Kier alpha value is -4.70. The van der Waals surface area contributed by atoms with Gasteiger partial charge in [-0.1, -0.05) is 72.8 Å². The lowest BCUT2D eigenvalue weighted by atomic mass is 10.0. The van der Waals surface area contributed by atoms with Crippen LogP contribution in [0.4, 0.5) is 10.1 Å². The Morgan fingerprint density at radius 2 is 1.38 bits per heavy atom. The van der Waals surface area contributed by atoms with Gasteiger partial charge in [0.2, 0.25) is 21.8 Å². The van der Waals surface area contributed by atoms with E-state index in [0.717, 1.165) is 21.7 Å². The van der Waals surface area contributed by atoms with Gasteiger partial charge in [-0.05, 0) is 66.9 Å². The van der Waals surface area contributed by atoms with Crippen molar-refractivity contribution in [2.24, 2.45) is 0 Å². The number of halogens is 1. The first-order chi connectivity index (χ1) is 21.5. The van der Waals surface area contributed by atoms with Gasteiger partial charge in [0.25, 0.3) is 0 Å². The highest BCUT2D eigenvalue weighted by atomic mass is 32.2. The van der Waals surface area contributed by atoms with Crippen LogP contribution in [-0.4, -0.2) is 50.0 Å². The van der Waals surface area contributed by atoms with Crippen molar-refractivity contribution in [1.29, 1.82) is 0 Å². The van der Waals surface area contributed by atoms with Gasteiger partial charge in [0.15, 0.2) is 0 Å². The van der Waals surface area contributed by atoms with Crippen molar-refractivity contribution in [2.45, 2.75) is 45.5 Å². The van der Waals surface area contributed by atoms with Crippen LogP contribution < -0.4 is 14.4 Å². The zero-order valence-electron chi connectivity index (χ0n) is 25.6. The van der Waals surface area contributed by atoms with Crippen LogP contribution in [0, 0.1) is 5.82 Å². The minimum atomic E-state index is -3.92. The molecule has 0 unspecified atom stereocenters. The molecule has 0 fully saturated rings. The second-order valence-electron chi connectivity index (χ2n) is 11.1. The fraction of sp³-hybridized carbons (Fsp3) is 0.257. The van der Waals surface area contributed by atoms with Crippen LogP contribution in [0.3, 0.4) is 0 Å². The van der Waals surface area contributed by atoms with Crippen LogP contribution in [-0.2, 0) is 39.2 Å². The molecule has 8 nitrogen and oxygen atoms in total. The lowest BCUT2D eigenvalue weighted by Gasteiger charge is -2.34. The molecule has 45 heavy (non-hydrogen) atoms. The number of sulfonamides is 1. The molecule has 0 saturated heterocycles. The van der Waals surface area contributed by atoms with Gasteiger partial charge in [-0.2, -0.15) is 0 Å². The lowest BCUT2D eigenvalue weighted by molar-refractivity contribution is -0.140. The molecule has 0 heterocycles. The number of amides is 2. The fourth-order valence-corrected chi connectivity index (χ4v) is 5.63. The third kappa shape index (κ3) is 9.90. The second-order valence-corrected chi connectivity index (χ2v) is 13.0. The van der Waals surface area contributed by atoms with Crippen molar-refractivity contribution in [3.63, 3.8) is 0 Å². The van der Waals surface area contributed by atoms with Crippen LogP contribution in [0.5, 0.6) is 5.75 Å². The molecule has 0 bridgehead atoms. The lowest BCUT2D eigenvalue weighted by Crippen LogP contribution is -2.54. The molecule has 10 heteroatoms. The Kier molecular flexibility index (Phi) is 11.3. The average molecular weight is 632 g/mol. The highest BCUT2D eigenvalue weighted by molar-refractivity contribution is 7.92. The van der Waals surface area contributed by atoms with Gasteiger partial charge in [0.05, 0.1) is 11.9 Å². The first kappa shape index (κ1) is 33.2. The standard InChI is InChI=1S/C35H38FN3O5S/c1-26(2)37-35(41)33(22-27-10-6-4-7-11-27)38(23-28-14-16-30(36)17-15-28)34(40)24-39(45(3,42)43)31-18-20-32(21-19-31)44-25-29-12-8-5-9-13-29/h4-21,26,33H,22-25H2,1-3H3,(H,37,41)/t33-/m0/s1. The number of nitrogens with one attached hydrogen (secondary N) is 1. The molecule has 1 atom stereocenters. The van der Waals surface area contributed by atoms with Crippen LogP contribution in [0.25, 0.3) is 0 Å². The van der Waals surface area contributed by atoms with E-state index in [1.165, 1.54) is 29.2 Å². The summed E-state index contributed by atoms with van der Waals surface area (Å²) in [5.74, 6) is -0.868. The molecular formula is C35H38FN3O5S. The second kappa shape index (κ2) is 15.3. The summed E-state index contributed by atoms with van der Waals surface area (Å²) in [6.45, 7) is 3.40. The molecule has 0 saturated carbocycles. The summed E-state index contributed by atoms with van der Waals surface area (Å²) in [7, 11) is -3.92. The van der Waals surface area contributed by atoms with Crippen LogP contribution >= 0.6 is 0 Å². The number of rotatable bonds is 14. The summed E-state index contributed by atoms with van der Waals surface area (Å²) in [4.78, 5) is 29.1. The predicted molar refractivity (Wildman–Crippen MR) is 174 cm³/mol. The largest absolute Gasteiger partial charge is 0.489 e. The molecule has 0 radical (unpaired) electrons. The first-order valence-corrected chi connectivity index (χ1v) is 16.5. The number of hydrogen-bond acceptors (Lipinski definition) is 5. The molecule has 236 valence electrons. The highest BCUT2D eigenvalue weighted by Crippen LogP contribution is 2.24. The summed E-state index contributed by atoms with van der Waals surface area (Å²) < 4.78 is 46.6. The maximum Gasteiger partial charge on any atom is 0.244 e. The number of carbonyl (C=O) groups excluding carboxylic acids is 2. The summed E-state index contributed by atoms with van der Waals surface area (Å²) in [5.41, 5.74) is 2.67. The van der Waals surface area contributed by atoms with Crippen LogP contribution in [0.2, 0.25) is 0 Å². The highest BCUT2D eigenvalue weighted by Gasteiger charge is 2.33. The number of ether oxygens (including phenoxy) is 1. The predicted octanol–water partition coefficient (Wildman–Crippen LogP) is 5.34. The molecule has 4 aromatic rings. The Morgan fingerprint density at radius 1 is 0.800 bits per heavy atom. The minimum absolute atomic E-state index is 0.0357.